The van der Waals surface area contributed by atoms with Gasteiger partial charge in [-0.05, 0) is 50.7 Å². The highest BCUT2D eigenvalue weighted by Crippen LogP contribution is 2.21. The normalized spacial score (nSPS) is 19.3. The first-order valence-electron chi connectivity index (χ1n) is 11.1. The van der Waals surface area contributed by atoms with Crippen molar-refractivity contribution in [1.29, 1.82) is 0 Å². The van der Waals surface area contributed by atoms with Crippen LogP contribution in [0, 0.1) is 12.8 Å². The van der Waals surface area contributed by atoms with Crippen LogP contribution in [0.25, 0.3) is 10.9 Å². The number of nitrogens with one attached hydrogen (secondary N) is 1. The van der Waals surface area contributed by atoms with Crippen LogP contribution in [-0.4, -0.2) is 39.6 Å². The molecular formula is C23H32N4O2. The number of carbonyl (C=O) groups is 1. The fourth-order valence-corrected chi connectivity index (χ4v) is 4.76. The molecule has 1 saturated heterocycles. The summed E-state index contributed by atoms with van der Waals surface area (Å²) in [5.41, 5.74) is 0.804. The van der Waals surface area contributed by atoms with Crippen molar-refractivity contribution in [2.24, 2.45) is 5.92 Å². The lowest BCUT2D eigenvalue weighted by Crippen LogP contribution is -2.48. The van der Waals surface area contributed by atoms with E-state index < -0.39 is 0 Å². The summed E-state index contributed by atoms with van der Waals surface area (Å²) in [5.74, 6) is 1.17. The van der Waals surface area contributed by atoms with Crippen molar-refractivity contribution in [3.63, 3.8) is 0 Å². The van der Waals surface area contributed by atoms with E-state index in [4.69, 9.17) is 0 Å². The number of rotatable bonds is 3. The van der Waals surface area contributed by atoms with Gasteiger partial charge in [0.2, 0.25) is 0 Å². The van der Waals surface area contributed by atoms with Gasteiger partial charge >= 0.3 is 6.03 Å². The largest absolute Gasteiger partial charge is 0.335 e. The van der Waals surface area contributed by atoms with Crippen LogP contribution in [0.5, 0.6) is 0 Å². The van der Waals surface area contributed by atoms with Crippen molar-refractivity contribution < 1.29 is 4.79 Å². The monoisotopic (exact) mass is 396 g/mol. The van der Waals surface area contributed by atoms with E-state index in [2.05, 4.69) is 10.3 Å². The third kappa shape index (κ3) is 4.62. The van der Waals surface area contributed by atoms with Gasteiger partial charge in [-0.25, -0.2) is 9.78 Å². The van der Waals surface area contributed by atoms with Gasteiger partial charge in [0.15, 0.2) is 0 Å². The molecule has 0 radical (unpaired) electrons. The van der Waals surface area contributed by atoms with E-state index >= 15 is 0 Å². The van der Waals surface area contributed by atoms with Crippen LogP contribution in [0.3, 0.4) is 0 Å². The molecule has 1 aromatic heterocycles. The molecule has 2 heterocycles. The number of hydrogen-bond acceptors (Lipinski definition) is 3. The number of aromatic nitrogens is 2. The molecule has 1 saturated carbocycles. The van der Waals surface area contributed by atoms with Gasteiger partial charge in [0.05, 0.1) is 10.9 Å². The summed E-state index contributed by atoms with van der Waals surface area (Å²) in [6.07, 6.45) is 9.11. The third-order valence-electron chi connectivity index (χ3n) is 6.58. The maximum absolute atomic E-state index is 12.9. The highest BCUT2D eigenvalue weighted by molar-refractivity contribution is 5.77. The molecule has 0 unspecified atom stereocenters. The molecule has 2 fully saturated rings. The van der Waals surface area contributed by atoms with Gasteiger partial charge in [0, 0.05) is 25.7 Å². The fraction of sp³-hybridized carbons (Fsp3) is 0.609. The van der Waals surface area contributed by atoms with Crippen molar-refractivity contribution in [3.05, 3.63) is 40.4 Å². The van der Waals surface area contributed by atoms with Gasteiger partial charge in [0.25, 0.3) is 5.56 Å². The molecule has 2 amide bonds. The minimum absolute atomic E-state index is 0.0432. The highest BCUT2D eigenvalue weighted by Gasteiger charge is 2.25. The van der Waals surface area contributed by atoms with E-state index in [0.717, 1.165) is 50.1 Å². The standard InChI is InChI=1S/C23H32N4O2/c1-17-24-21-11-7-6-10-20(21)22(28)27(17)16-18-12-14-26(15-13-18)23(29)25-19-8-4-2-3-5-9-19/h6-7,10-11,18-19H,2-5,8-9,12-16H2,1H3,(H,25,29). The molecule has 0 bridgehead atoms. The second kappa shape index (κ2) is 8.97. The molecule has 1 aliphatic carbocycles. The maximum atomic E-state index is 12.9. The van der Waals surface area contributed by atoms with E-state index in [1.54, 1.807) is 0 Å². The lowest BCUT2D eigenvalue weighted by atomic mass is 9.96. The van der Waals surface area contributed by atoms with Gasteiger partial charge in [-0.2, -0.15) is 0 Å². The Morgan fingerprint density at radius 2 is 1.76 bits per heavy atom. The van der Waals surface area contributed by atoms with E-state index in [1.165, 1.54) is 25.7 Å². The molecule has 1 N–H and O–H groups in total. The molecule has 2 aliphatic rings. The molecule has 29 heavy (non-hydrogen) atoms. The van der Waals surface area contributed by atoms with Gasteiger partial charge < -0.3 is 10.2 Å². The van der Waals surface area contributed by atoms with Crippen LogP contribution in [0.1, 0.15) is 57.2 Å². The molecule has 6 nitrogen and oxygen atoms in total. The van der Waals surface area contributed by atoms with Crippen LogP contribution in [0.2, 0.25) is 0 Å². The second-order valence-electron chi connectivity index (χ2n) is 8.66. The molecule has 1 aromatic carbocycles. The smallest absolute Gasteiger partial charge is 0.317 e. The van der Waals surface area contributed by atoms with E-state index in [-0.39, 0.29) is 11.6 Å². The Labute approximate surface area is 172 Å². The Morgan fingerprint density at radius 3 is 2.48 bits per heavy atom. The van der Waals surface area contributed by atoms with Crippen LogP contribution in [0.4, 0.5) is 4.79 Å². The minimum atomic E-state index is 0.0432. The summed E-state index contributed by atoms with van der Waals surface area (Å²) in [4.78, 5) is 32.1. The van der Waals surface area contributed by atoms with Crippen molar-refractivity contribution in [2.45, 2.75) is 70.9 Å². The van der Waals surface area contributed by atoms with E-state index in [9.17, 15) is 9.59 Å². The number of urea groups is 1. The lowest BCUT2D eigenvalue weighted by molar-refractivity contribution is 0.161. The van der Waals surface area contributed by atoms with Gasteiger partial charge in [-0.3, -0.25) is 9.36 Å². The molecule has 0 atom stereocenters. The summed E-state index contributed by atoms with van der Waals surface area (Å²) >= 11 is 0. The second-order valence-corrected chi connectivity index (χ2v) is 8.66. The molecule has 4 rings (SSSR count). The van der Waals surface area contributed by atoms with Crippen LogP contribution in [0.15, 0.2) is 29.1 Å². The zero-order chi connectivity index (χ0) is 20.2. The average molecular weight is 397 g/mol. The SMILES string of the molecule is Cc1nc2ccccc2c(=O)n1CC1CCN(C(=O)NC2CCCCCC2)CC1. The first-order chi connectivity index (χ1) is 14.1. The first kappa shape index (κ1) is 19.9. The third-order valence-corrected chi connectivity index (χ3v) is 6.58. The zero-order valence-corrected chi connectivity index (χ0v) is 17.4. The molecule has 6 heteroatoms. The fourth-order valence-electron chi connectivity index (χ4n) is 4.76. The summed E-state index contributed by atoms with van der Waals surface area (Å²) < 4.78 is 1.81. The molecular weight excluding hydrogens is 364 g/mol. The molecule has 1 aliphatic heterocycles. The number of fused-ring (bicyclic) bond motifs is 1. The lowest BCUT2D eigenvalue weighted by Gasteiger charge is -2.33. The van der Waals surface area contributed by atoms with Crippen LogP contribution >= 0.6 is 0 Å². The van der Waals surface area contributed by atoms with E-state index in [1.807, 2.05) is 40.7 Å². The molecule has 2 aromatic rings. The average Bonchev–Trinajstić information content (AvgIpc) is 3.00. The number of nitrogens with zero attached hydrogens (tertiary/aromatic N) is 3. The Hall–Kier alpha value is -2.37. The van der Waals surface area contributed by atoms with Crippen LogP contribution in [-0.2, 0) is 6.54 Å². The number of carbonyl (C=O) groups excluding carboxylic acids is 1. The van der Waals surface area contributed by atoms with Gasteiger partial charge in [-0.15, -0.1) is 0 Å². The predicted molar refractivity (Wildman–Crippen MR) is 115 cm³/mol. The quantitative estimate of drug-likeness (QED) is 0.802. The zero-order valence-electron chi connectivity index (χ0n) is 17.4. The van der Waals surface area contributed by atoms with E-state index in [0.29, 0.717) is 23.9 Å². The summed E-state index contributed by atoms with van der Waals surface area (Å²) in [6.45, 7) is 4.11. The number of hydrogen-bond donors (Lipinski definition) is 1. The topological polar surface area (TPSA) is 67.2 Å². The van der Waals surface area contributed by atoms with Crippen LogP contribution < -0.4 is 10.9 Å². The summed E-state index contributed by atoms with van der Waals surface area (Å²) in [5, 5.41) is 3.93. The number of para-hydroxylation sites is 1. The number of aryl methyl sites for hydroxylation is 1. The number of benzene rings is 1. The summed E-state index contributed by atoms with van der Waals surface area (Å²) in [7, 11) is 0. The van der Waals surface area contributed by atoms with Crippen molar-refractivity contribution >= 4 is 16.9 Å². The predicted octanol–water partition coefficient (Wildman–Crippen LogP) is 3.85. The first-order valence-corrected chi connectivity index (χ1v) is 11.1. The number of likely N-dealkylation sites (tertiary alicyclic amines) is 1. The Kier molecular flexibility index (Phi) is 6.16. The van der Waals surface area contributed by atoms with Gasteiger partial charge in [0.1, 0.15) is 5.82 Å². The Bertz CT molecular complexity index is 907. The Balaban J connectivity index is 1.35. The Morgan fingerprint density at radius 1 is 1.07 bits per heavy atom. The van der Waals surface area contributed by atoms with Gasteiger partial charge in [-0.1, -0.05) is 37.8 Å². The van der Waals surface area contributed by atoms with Crippen molar-refractivity contribution in [1.82, 2.24) is 19.8 Å². The molecule has 156 valence electrons. The molecule has 0 spiro atoms. The summed E-state index contributed by atoms with van der Waals surface area (Å²) in [6, 6.07) is 7.97. The number of amides is 2. The highest BCUT2D eigenvalue weighted by atomic mass is 16.2. The maximum Gasteiger partial charge on any atom is 0.317 e. The minimum Gasteiger partial charge on any atom is -0.335 e. The van der Waals surface area contributed by atoms with Crippen molar-refractivity contribution in [3.8, 4) is 0 Å². The van der Waals surface area contributed by atoms with Crippen molar-refractivity contribution in [2.75, 3.05) is 13.1 Å². The number of piperidine rings is 1.